The molecule has 2 N–H and O–H groups in total. The zero-order valence-corrected chi connectivity index (χ0v) is 14.4. The van der Waals surface area contributed by atoms with Gasteiger partial charge in [-0.3, -0.25) is 14.5 Å². The van der Waals surface area contributed by atoms with Crippen LogP contribution in [-0.2, 0) is 22.5 Å². The summed E-state index contributed by atoms with van der Waals surface area (Å²) in [5.74, 6) is -0.240. The molecule has 0 saturated carbocycles. The van der Waals surface area contributed by atoms with Crippen LogP contribution < -0.4 is 5.73 Å². The highest BCUT2D eigenvalue weighted by Crippen LogP contribution is 2.36. The number of nitrogen functional groups attached to an aromatic ring is 1. The number of benzene rings is 1. The molecule has 0 bridgehead atoms. The summed E-state index contributed by atoms with van der Waals surface area (Å²) in [5.41, 5.74) is 8.46. The number of nitrogens with two attached hydrogens (primary N) is 1. The molecular weight excluding hydrogens is 324 g/mol. The molecule has 1 aliphatic rings. The fraction of sp³-hybridized carbons (Fsp3) is 0.333. The van der Waals surface area contributed by atoms with Gasteiger partial charge in [-0.25, -0.2) is 0 Å². The van der Waals surface area contributed by atoms with Crippen LogP contribution in [0.2, 0.25) is 0 Å². The number of thiophene rings is 1. The standard InChI is InChI=1S/C18H20N2O3S/c1-2-23-15(21)11-20-9-8-13-14(10-20)24-18(19)16(13)17(22)12-6-4-3-5-7-12/h3-7H,2,8-11,19H2,1H3. The number of ether oxygens (including phenoxy) is 1. The van der Waals surface area contributed by atoms with Gasteiger partial charge in [-0.05, 0) is 18.9 Å². The van der Waals surface area contributed by atoms with Gasteiger partial charge >= 0.3 is 5.97 Å². The third kappa shape index (κ3) is 3.34. The van der Waals surface area contributed by atoms with E-state index in [1.807, 2.05) is 35.2 Å². The monoisotopic (exact) mass is 344 g/mol. The summed E-state index contributed by atoms with van der Waals surface area (Å²) in [4.78, 5) is 27.5. The van der Waals surface area contributed by atoms with Crippen LogP contribution in [0, 0.1) is 0 Å². The first kappa shape index (κ1) is 16.7. The van der Waals surface area contributed by atoms with Gasteiger partial charge in [0.2, 0.25) is 0 Å². The van der Waals surface area contributed by atoms with Crippen LogP contribution in [-0.4, -0.2) is 36.3 Å². The Morgan fingerprint density at radius 1 is 1.29 bits per heavy atom. The van der Waals surface area contributed by atoms with Crippen LogP contribution in [0.25, 0.3) is 0 Å². The van der Waals surface area contributed by atoms with Crippen molar-refractivity contribution in [2.45, 2.75) is 19.9 Å². The van der Waals surface area contributed by atoms with Crippen molar-refractivity contribution < 1.29 is 14.3 Å². The van der Waals surface area contributed by atoms with E-state index in [0.717, 1.165) is 23.4 Å². The number of carbonyl (C=O) groups excluding carboxylic acids is 2. The lowest BCUT2D eigenvalue weighted by atomic mass is 9.96. The first-order valence-corrected chi connectivity index (χ1v) is 8.79. The van der Waals surface area contributed by atoms with E-state index in [2.05, 4.69) is 0 Å². The molecule has 2 heterocycles. The van der Waals surface area contributed by atoms with Crippen molar-refractivity contribution in [3.05, 3.63) is 51.9 Å². The van der Waals surface area contributed by atoms with E-state index in [0.29, 0.717) is 29.3 Å². The molecule has 1 aromatic carbocycles. The van der Waals surface area contributed by atoms with E-state index in [1.54, 1.807) is 6.92 Å². The van der Waals surface area contributed by atoms with E-state index in [1.165, 1.54) is 11.3 Å². The molecule has 2 aromatic rings. The zero-order chi connectivity index (χ0) is 17.1. The number of esters is 1. The Kier molecular flexibility index (Phi) is 4.97. The molecule has 0 spiro atoms. The minimum Gasteiger partial charge on any atom is -0.465 e. The second-order valence-corrected chi connectivity index (χ2v) is 6.84. The van der Waals surface area contributed by atoms with Crippen LogP contribution in [0.5, 0.6) is 0 Å². The maximum Gasteiger partial charge on any atom is 0.320 e. The molecule has 1 aliphatic heterocycles. The zero-order valence-electron chi connectivity index (χ0n) is 13.6. The van der Waals surface area contributed by atoms with Crippen molar-refractivity contribution in [1.29, 1.82) is 0 Å². The first-order chi connectivity index (χ1) is 11.6. The molecule has 5 nitrogen and oxygen atoms in total. The minimum atomic E-state index is -0.217. The molecule has 126 valence electrons. The summed E-state index contributed by atoms with van der Waals surface area (Å²) < 4.78 is 5.00. The predicted octanol–water partition coefficient (Wildman–Crippen LogP) is 2.48. The van der Waals surface area contributed by atoms with Gasteiger partial charge in [0.15, 0.2) is 5.78 Å². The van der Waals surface area contributed by atoms with Crippen molar-refractivity contribution in [3.8, 4) is 0 Å². The highest BCUT2D eigenvalue weighted by molar-refractivity contribution is 7.16. The van der Waals surface area contributed by atoms with Gasteiger partial charge in [-0.1, -0.05) is 30.3 Å². The third-order valence-electron chi connectivity index (χ3n) is 4.08. The third-order valence-corrected chi connectivity index (χ3v) is 5.13. The number of fused-ring (bicyclic) bond motifs is 1. The summed E-state index contributed by atoms with van der Waals surface area (Å²) in [6.45, 7) is 3.81. The maximum atomic E-state index is 12.8. The Morgan fingerprint density at radius 3 is 2.75 bits per heavy atom. The van der Waals surface area contributed by atoms with Crippen LogP contribution in [0.15, 0.2) is 30.3 Å². The smallest absolute Gasteiger partial charge is 0.320 e. The van der Waals surface area contributed by atoms with Gasteiger partial charge in [0.05, 0.1) is 23.7 Å². The van der Waals surface area contributed by atoms with Crippen molar-refractivity contribution >= 4 is 28.1 Å². The summed E-state index contributed by atoms with van der Waals surface area (Å²) in [6.07, 6.45) is 0.719. The van der Waals surface area contributed by atoms with Crippen LogP contribution in [0.4, 0.5) is 5.00 Å². The molecule has 3 rings (SSSR count). The van der Waals surface area contributed by atoms with E-state index < -0.39 is 0 Å². The predicted molar refractivity (Wildman–Crippen MR) is 94.2 cm³/mol. The Bertz CT molecular complexity index is 755. The van der Waals surface area contributed by atoms with Gasteiger partial charge in [-0.15, -0.1) is 11.3 Å². The minimum absolute atomic E-state index is 0.0237. The van der Waals surface area contributed by atoms with E-state index in [9.17, 15) is 9.59 Å². The Morgan fingerprint density at radius 2 is 2.04 bits per heavy atom. The normalized spacial score (nSPS) is 14.2. The largest absolute Gasteiger partial charge is 0.465 e. The van der Waals surface area contributed by atoms with Crippen molar-refractivity contribution in [1.82, 2.24) is 4.90 Å². The SMILES string of the molecule is CCOC(=O)CN1CCc2c(sc(N)c2C(=O)c2ccccc2)C1. The maximum absolute atomic E-state index is 12.8. The van der Waals surface area contributed by atoms with Crippen molar-refractivity contribution in [2.75, 3.05) is 25.4 Å². The fourth-order valence-corrected chi connectivity index (χ4v) is 4.14. The first-order valence-electron chi connectivity index (χ1n) is 7.98. The Labute approximate surface area is 145 Å². The second kappa shape index (κ2) is 7.15. The lowest BCUT2D eigenvalue weighted by Gasteiger charge is -2.26. The Balaban J connectivity index is 1.81. The molecule has 0 atom stereocenters. The lowest BCUT2D eigenvalue weighted by Crippen LogP contribution is -2.35. The molecule has 0 unspecified atom stereocenters. The van der Waals surface area contributed by atoms with Gasteiger partial charge < -0.3 is 10.5 Å². The topological polar surface area (TPSA) is 72.6 Å². The van der Waals surface area contributed by atoms with Crippen LogP contribution in [0.3, 0.4) is 0 Å². The second-order valence-electron chi connectivity index (χ2n) is 5.70. The Hall–Kier alpha value is -2.18. The van der Waals surface area contributed by atoms with E-state index in [-0.39, 0.29) is 18.3 Å². The number of hydrogen-bond acceptors (Lipinski definition) is 6. The molecule has 1 aromatic heterocycles. The highest BCUT2D eigenvalue weighted by Gasteiger charge is 2.28. The number of ketones is 1. The number of anilines is 1. The molecule has 24 heavy (non-hydrogen) atoms. The summed E-state index contributed by atoms with van der Waals surface area (Å²) in [5, 5.41) is 0.562. The number of rotatable bonds is 5. The summed E-state index contributed by atoms with van der Waals surface area (Å²) in [6, 6.07) is 9.20. The van der Waals surface area contributed by atoms with Crippen LogP contribution in [0.1, 0.15) is 33.3 Å². The van der Waals surface area contributed by atoms with Gasteiger partial charge in [0.25, 0.3) is 0 Å². The average Bonchev–Trinajstić information content (AvgIpc) is 2.90. The highest BCUT2D eigenvalue weighted by atomic mass is 32.1. The molecule has 0 saturated heterocycles. The summed E-state index contributed by atoms with van der Waals surface area (Å²) >= 11 is 1.45. The molecule has 0 fully saturated rings. The van der Waals surface area contributed by atoms with Crippen molar-refractivity contribution in [2.24, 2.45) is 0 Å². The lowest BCUT2D eigenvalue weighted by molar-refractivity contribution is -0.144. The molecule has 0 radical (unpaired) electrons. The van der Waals surface area contributed by atoms with E-state index in [4.69, 9.17) is 10.5 Å². The number of carbonyl (C=O) groups is 2. The molecule has 0 amide bonds. The van der Waals surface area contributed by atoms with Crippen molar-refractivity contribution in [3.63, 3.8) is 0 Å². The van der Waals surface area contributed by atoms with E-state index >= 15 is 0 Å². The van der Waals surface area contributed by atoms with Gasteiger partial charge in [0.1, 0.15) is 0 Å². The van der Waals surface area contributed by atoms with Gasteiger partial charge in [-0.2, -0.15) is 0 Å². The average molecular weight is 344 g/mol. The summed E-state index contributed by atoms with van der Waals surface area (Å²) in [7, 11) is 0. The number of hydrogen-bond donors (Lipinski definition) is 1. The molecular formula is C18H20N2O3S. The number of nitrogens with zero attached hydrogens (tertiary/aromatic N) is 1. The fourth-order valence-electron chi connectivity index (χ4n) is 2.98. The molecule has 0 aliphatic carbocycles. The molecule has 6 heteroatoms. The van der Waals surface area contributed by atoms with Gasteiger partial charge in [0, 0.05) is 23.5 Å². The van der Waals surface area contributed by atoms with Crippen LogP contribution >= 0.6 is 11.3 Å². The quantitative estimate of drug-likeness (QED) is 0.666.